The van der Waals surface area contributed by atoms with Crippen LogP contribution in [0.4, 0.5) is 4.79 Å². The number of aromatic nitrogens is 2. The van der Waals surface area contributed by atoms with Crippen LogP contribution in [0.5, 0.6) is 0 Å². The van der Waals surface area contributed by atoms with Gasteiger partial charge in [-0.3, -0.25) is 4.57 Å². The molecule has 5 aliphatic carbocycles. The van der Waals surface area contributed by atoms with Crippen molar-refractivity contribution in [3.05, 3.63) is 30.4 Å². The standard InChI is InChI=1S/C13H15N3O/c17-13(16-2-1-14-7-16)15-12-6-11-8-3-9(11)5-10(12)4-8/h1-2,6-10,12H,3-5H2,(H,15,17). The van der Waals surface area contributed by atoms with Crippen molar-refractivity contribution in [1.82, 2.24) is 14.9 Å². The third-order valence-corrected chi connectivity index (χ3v) is 4.60. The molecule has 17 heavy (non-hydrogen) atoms. The molecule has 1 aromatic heterocycles. The van der Waals surface area contributed by atoms with Crippen LogP contribution in [-0.2, 0) is 0 Å². The van der Waals surface area contributed by atoms with E-state index in [1.54, 1.807) is 24.3 Å². The zero-order chi connectivity index (χ0) is 11.4. The minimum absolute atomic E-state index is 0.0643. The van der Waals surface area contributed by atoms with Crippen LogP contribution in [-0.4, -0.2) is 21.6 Å². The van der Waals surface area contributed by atoms with Crippen LogP contribution in [0.25, 0.3) is 0 Å². The SMILES string of the molecule is O=C(NC1C=C2C3CC2CC1C3)n1ccnc1. The van der Waals surface area contributed by atoms with Crippen molar-refractivity contribution in [2.75, 3.05) is 0 Å². The molecule has 4 bridgehead atoms. The smallest absolute Gasteiger partial charge is 0.327 e. The molecule has 5 aliphatic rings. The number of fused-ring (bicyclic) bond motifs is 1. The van der Waals surface area contributed by atoms with Gasteiger partial charge in [-0.1, -0.05) is 11.6 Å². The third-order valence-electron chi connectivity index (χ3n) is 4.60. The summed E-state index contributed by atoms with van der Waals surface area (Å²) in [6.07, 6.45) is 11.1. The van der Waals surface area contributed by atoms with Gasteiger partial charge >= 0.3 is 6.03 Å². The molecular weight excluding hydrogens is 214 g/mol. The molecule has 1 heterocycles. The van der Waals surface area contributed by atoms with Gasteiger partial charge in [-0.2, -0.15) is 0 Å². The second-order valence-corrected chi connectivity index (χ2v) is 5.47. The molecule has 3 atom stereocenters. The van der Waals surface area contributed by atoms with Crippen LogP contribution in [0, 0.1) is 17.8 Å². The van der Waals surface area contributed by atoms with Gasteiger partial charge in [0.2, 0.25) is 0 Å². The van der Waals surface area contributed by atoms with Crippen molar-refractivity contribution in [3.63, 3.8) is 0 Å². The Morgan fingerprint density at radius 3 is 2.76 bits per heavy atom. The van der Waals surface area contributed by atoms with Gasteiger partial charge in [0.15, 0.2) is 0 Å². The first kappa shape index (κ1) is 9.45. The van der Waals surface area contributed by atoms with E-state index in [1.807, 2.05) is 0 Å². The van der Waals surface area contributed by atoms with Gasteiger partial charge in [-0.25, -0.2) is 9.78 Å². The van der Waals surface area contributed by atoms with Gasteiger partial charge in [0.1, 0.15) is 6.33 Å². The summed E-state index contributed by atoms with van der Waals surface area (Å²) in [4.78, 5) is 15.8. The summed E-state index contributed by atoms with van der Waals surface area (Å²) in [6, 6.07) is 0.179. The maximum absolute atomic E-state index is 11.9. The number of nitrogens with one attached hydrogen (secondary N) is 1. The zero-order valence-electron chi connectivity index (χ0n) is 9.54. The minimum atomic E-state index is -0.0643. The first-order chi connectivity index (χ1) is 8.31. The number of hydrogen-bond acceptors (Lipinski definition) is 2. The number of imidazole rings is 1. The van der Waals surface area contributed by atoms with Crippen LogP contribution < -0.4 is 5.32 Å². The van der Waals surface area contributed by atoms with Gasteiger partial charge < -0.3 is 5.32 Å². The predicted molar refractivity (Wildman–Crippen MR) is 62.3 cm³/mol. The van der Waals surface area contributed by atoms with Crippen molar-refractivity contribution in [1.29, 1.82) is 0 Å². The number of nitrogens with zero attached hydrogens (tertiary/aromatic N) is 2. The zero-order valence-corrected chi connectivity index (χ0v) is 9.54. The van der Waals surface area contributed by atoms with Crippen molar-refractivity contribution in [3.8, 4) is 0 Å². The molecule has 0 saturated heterocycles. The molecule has 4 nitrogen and oxygen atoms in total. The average molecular weight is 229 g/mol. The highest BCUT2D eigenvalue weighted by Gasteiger charge is 2.48. The lowest BCUT2D eigenvalue weighted by Crippen LogP contribution is -2.52. The Kier molecular flexibility index (Phi) is 1.79. The lowest BCUT2D eigenvalue weighted by Gasteiger charge is -2.54. The Balaban J connectivity index is 1.53. The highest BCUT2D eigenvalue weighted by molar-refractivity contribution is 5.77. The van der Waals surface area contributed by atoms with E-state index in [4.69, 9.17) is 0 Å². The quantitative estimate of drug-likeness (QED) is 0.746. The minimum Gasteiger partial charge on any atom is -0.331 e. The summed E-state index contributed by atoms with van der Waals surface area (Å²) >= 11 is 0. The normalized spacial score (nSPS) is 37.3. The Labute approximate surface area is 99.7 Å². The van der Waals surface area contributed by atoms with Gasteiger partial charge in [0, 0.05) is 12.4 Å². The maximum Gasteiger partial charge on any atom is 0.327 e. The molecule has 88 valence electrons. The van der Waals surface area contributed by atoms with Gasteiger partial charge in [0.25, 0.3) is 0 Å². The van der Waals surface area contributed by atoms with Crippen LogP contribution in [0.2, 0.25) is 0 Å². The number of carbonyl (C=O) groups is 1. The molecule has 3 saturated carbocycles. The van der Waals surface area contributed by atoms with E-state index in [2.05, 4.69) is 16.4 Å². The molecule has 3 unspecified atom stereocenters. The lowest BCUT2D eigenvalue weighted by molar-refractivity contribution is 0.109. The van der Waals surface area contributed by atoms with E-state index < -0.39 is 0 Å². The summed E-state index contributed by atoms with van der Waals surface area (Å²) in [5.74, 6) is 2.35. The van der Waals surface area contributed by atoms with Crippen LogP contribution in [0.3, 0.4) is 0 Å². The van der Waals surface area contributed by atoms with Gasteiger partial charge in [-0.05, 0) is 37.0 Å². The summed E-state index contributed by atoms with van der Waals surface area (Å²) in [5.41, 5.74) is 1.61. The Morgan fingerprint density at radius 2 is 2.18 bits per heavy atom. The number of amides is 1. The van der Waals surface area contributed by atoms with Crippen molar-refractivity contribution < 1.29 is 4.79 Å². The maximum atomic E-state index is 11.9. The topological polar surface area (TPSA) is 46.9 Å². The van der Waals surface area contributed by atoms with E-state index in [1.165, 1.54) is 23.8 Å². The van der Waals surface area contributed by atoms with Crippen LogP contribution in [0.15, 0.2) is 30.4 Å². The fourth-order valence-electron chi connectivity index (χ4n) is 3.74. The Bertz CT molecular complexity index is 477. The molecule has 4 heteroatoms. The largest absolute Gasteiger partial charge is 0.331 e. The molecule has 1 amide bonds. The summed E-state index contributed by atoms with van der Waals surface area (Å²) < 4.78 is 1.50. The summed E-state index contributed by atoms with van der Waals surface area (Å²) in [6.45, 7) is 0. The molecule has 0 radical (unpaired) electrons. The van der Waals surface area contributed by atoms with Gasteiger partial charge in [-0.15, -0.1) is 0 Å². The molecule has 0 spiro atoms. The molecule has 3 fully saturated rings. The van der Waals surface area contributed by atoms with E-state index in [0.717, 1.165) is 11.8 Å². The Morgan fingerprint density at radius 1 is 1.35 bits per heavy atom. The molecule has 0 aliphatic heterocycles. The Hall–Kier alpha value is -1.58. The number of hydrogen-bond donors (Lipinski definition) is 1. The van der Waals surface area contributed by atoms with Crippen LogP contribution >= 0.6 is 0 Å². The molecule has 6 rings (SSSR count). The predicted octanol–water partition coefficient (Wildman–Crippen LogP) is 1.80. The van der Waals surface area contributed by atoms with Gasteiger partial charge in [0.05, 0.1) is 6.04 Å². The monoisotopic (exact) mass is 229 g/mol. The van der Waals surface area contributed by atoms with Crippen molar-refractivity contribution in [2.45, 2.75) is 25.3 Å². The molecule has 0 aromatic carbocycles. The number of rotatable bonds is 1. The molecular formula is C13H15N3O. The summed E-state index contributed by atoms with van der Waals surface area (Å²) in [7, 11) is 0. The summed E-state index contributed by atoms with van der Waals surface area (Å²) in [5, 5.41) is 3.10. The van der Waals surface area contributed by atoms with E-state index in [-0.39, 0.29) is 12.1 Å². The highest BCUT2D eigenvalue weighted by atomic mass is 16.2. The second kappa shape index (κ2) is 3.22. The fourth-order valence-corrected chi connectivity index (χ4v) is 3.74. The molecule has 1 aromatic rings. The highest BCUT2D eigenvalue weighted by Crippen LogP contribution is 2.56. The van der Waals surface area contributed by atoms with Crippen molar-refractivity contribution >= 4 is 6.03 Å². The van der Waals surface area contributed by atoms with Crippen LogP contribution in [0.1, 0.15) is 19.3 Å². The average Bonchev–Trinajstić information content (AvgIpc) is 2.86. The number of allylic oxidation sites excluding steroid dienone is 1. The van der Waals surface area contributed by atoms with E-state index in [9.17, 15) is 4.79 Å². The van der Waals surface area contributed by atoms with E-state index >= 15 is 0 Å². The first-order valence-corrected chi connectivity index (χ1v) is 6.31. The van der Waals surface area contributed by atoms with E-state index in [0.29, 0.717) is 5.92 Å². The molecule has 1 N–H and O–H groups in total. The number of carbonyl (C=O) groups excluding carboxylic acids is 1. The fraction of sp³-hybridized carbons (Fsp3) is 0.538. The third kappa shape index (κ3) is 1.30. The lowest BCUT2D eigenvalue weighted by atomic mass is 9.52. The van der Waals surface area contributed by atoms with Crippen molar-refractivity contribution in [2.24, 2.45) is 17.8 Å². The second-order valence-electron chi connectivity index (χ2n) is 5.47. The first-order valence-electron chi connectivity index (χ1n) is 6.31.